The predicted octanol–water partition coefficient (Wildman–Crippen LogP) is 3.40. The van der Waals surface area contributed by atoms with E-state index in [-0.39, 0.29) is 12.0 Å². The first-order valence-corrected chi connectivity index (χ1v) is 8.54. The van der Waals surface area contributed by atoms with Crippen LogP contribution in [-0.2, 0) is 0 Å². The maximum Gasteiger partial charge on any atom is 0.254 e. The molecule has 1 aliphatic rings. The Hall–Kier alpha value is -3.39. The van der Waals surface area contributed by atoms with Gasteiger partial charge in [-0.1, -0.05) is 24.3 Å². The Morgan fingerprint density at radius 3 is 2.92 bits per heavy atom. The lowest BCUT2D eigenvalue weighted by atomic mass is 10.1. The third-order valence-corrected chi connectivity index (χ3v) is 4.56. The predicted molar refractivity (Wildman–Crippen MR) is 97.8 cm³/mol. The van der Waals surface area contributed by atoms with Crippen LogP contribution in [0.5, 0.6) is 5.75 Å². The van der Waals surface area contributed by atoms with Gasteiger partial charge in [0, 0.05) is 30.1 Å². The number of amides is 1. The zero-order valence-electron chi connectivity index (χ0n) is 14.1. The van der Waals surface area contributed by atoms with Crippen LogP contribution >= 0.6 is 0 Å². The molecule has 2 aromatic carbocycles. The summed E-state index contributed by atoms with van der Waals surface area (Å²) in [5.41, 5.74) is 1.86. The number of likely N-dealkylation sites (tertiary alicyclic amines) is 1. The maximum atomic E-state index is 12.7. The van der Waals surface area contributed by atoms with E-state index < -0.39 is 0 Å². The molecule has 26 heavy (non-hydrogen) atoms. The average molecular weight is 343 g/mol. The molecule has 1 aliphatic heterocycles. The van der Waals surface area contributed by atoms with Gasteiger partial charge in [-0.2, -0.15) is 5.26 Å². The molecule has 0 spiro atoms. The molecule has 0 aliphatic carbocycles. The number of para-hydroxylation sites is 1. The average Bonchev–Trinajstić information content (AvgIpc) is 3.16. The second-order valence-electron chi connectivity index (χ2n) is 6.30. The molecular weight excluding hydrogens is 326 g/mol. The molecule has 0 unspecified atom stereocenters. The number of pyridine rings is 1. The highest BCUT2D eigenvalue weighted by molar-refractivity contribution is 5.94. The molecule has 128 valence electrons. The Morgan fingerprint density at radius 1 is 1.19 bits per heavy atom. The van der Waals surface area contributed by atoms with Crippen molar-refractivity contribution in [2.24, 2.45) is 0 Å². The molecule has 5 heteroatoms. The topological polar surface area (TPSA) is 66.2 Å². The van der Waals surface area contributed by atoms with Crippen LogP contribution in [-0.4, -0.2) is 35.0 Å². The standard InChI is InChI=1S/C21H17N3O2/c22-13-15-4-1-6-17(12-15)21(25)24-11-9-18(14-24)26-19-8-2-5-16-7-3-10-23-20(16)19/h1-8,10,12,18H,9,11,14H2/t18-/m0/s1. The van der Waals surface area contributed by atoms with Crippen LogP contribution in [0.25, 0.3) is 10.9 Å². The summed E-state index contributed by atoms with van der Waals surface area (Å²) in [6.45, 7) is 1.16. The van der Waals surface area contributed by atoms with Crippen molar-refractivity contribution in [2.75, 3.05) is 13.1 Å². The van der Waals surface area contributed by atoms with Gasteiger partial charge in [0.15, 0.2) is 0 Å². The number of carbonyl (C=O) groups excluding carboxylic acids is 1. The molecule has 4 rings (SSSR count). The van der Waals surface area contributed by atoms with Crippen molar-refractivity contribution in [3.63, 3.8) is 0 Å². The first-order chi connectivity index (χ1) is 12.7. The van der Waals surface area contributed by atoms with E-state index in [9.17, 15) is 4.79 Å². The van der Waals surface area contributed by atoms with E-state index in [0.717, 1.165) is 23.1 Å². The first kappa shape index (κ1) is 16.1. The van der Waals surface area contributed by atoms with Gasteiger partial charge < -0.3 is 9.64 Å². The monoisotopic (exact) mass is 343 g/mol. The maximum absolute atomic E-state index is 12.7. The Kier molecular flexibility index (Phi) is 4.24. The quantitative estimate of drug-likeness (QED) is 0.731. The van der Waals surface area contributed by atoms with E-state index in [2.05, 4.69) is 11.1 Å². The van der Waals surface area contributed by atoms with E-state index in [1.807, 2.05) is 30.3 Å². The summed E-state index contributed by atoms with van der Waals surface area (Å²) in [7, 11) is 0. The molecule has 5 nitrogen and oxygen atoms in total. The van der Waals surface area contributed by atoms with Gasteiger partial charge in [0.1, 0.15) is 17.4 Å². The van der Waals surface area contributed by atoms with Gasteiger partial charge in [0.05, 0.1) is 18.2 Å². The van der Waals surface area contributed by atoms with Crippen molar-refractivity contribution in [1.82, 2.24) is 9.88 Å². The van der Waals surface area contributed by atoms with Crippen LogP contribution in [0.1, 0.15) is 22.3 Å². The number of hydrogen-bond donors (Lipinski definition) is 0. The van der Waals surface area contributed by atoms with Crippen molar-refractivity contribution in [3.05, 3.63) is 71.9 Å². The molecule has 0 radical (unpaired) electrons. The summed E-state index contributed by atoms with van der Waals surface area (Å²) in [4.78, 5) is 18.9. The first-order valence-electron chi connectivity index (χ1n) is 8.54. The second kappa shape index (κ2) is 6.85. The van der Waals surface area contributed by atoms with Crippen LogP contribution in [0.4, 0.5) is 0 Å². The fourth-order valence-corrected chi connectivity index (χ4v) is 3.26. The van der Waals surface area contributed by atoms with Crippen molar-refractivity contribution < 1.29 is 9.53 Å². The molecule has 2 heterocycles. The Balaban J connectivity index is 1.48. The van der Waals surface area contributed by atoms with E-state index in [4.69, 9.17) is 10.00 Å². The fraction of sp³-hybridized carbons (Fsp3) is 0.190. The number of fused-ring (bicyclic) bond motifs is 1. The number of aromatic nitrogens is 1. The molecular formula is C21H17N3O2. The number of ether oxygens (including phenoxy) is 1. The van der Waals surface area contributed by atoms with Gasteiger partial charge in [-0.25, -0.2) is 0 Å². The number of benzene rings is 2. The van der Waals surface area contributed by atoms with Crippen molar-refractivity contribution in [3.8, 4) is 11.8 Å². The van der Waals surface area contributed by atoms with E-state index in [1.54, 1.807) is 35.4 Å². The van der Waals surface area contributed by atoms with Gasteiger partial charge in [-0.3, -0.25) is 9.78 Å². The number of hydrogen-bond acceptors (Lipinski definition) is 4. The lowest BCUT2D eigenvalue weighted by Crippen LogP contribution is -2.31. The van der Waals surface area contributed by atoms with Crippen LogP contribution in [0.2, 0.25) is 0 Å². The third kappa shape index (κ3) is 3.09. The summed E-state index contributed by atoms with van der Waals surface area (Å²) in [5, 5.41) is 10.0. The minimum absolute atomic E-state index is 0.0642. The molecule has 1 amide bonds. The van der Waals surface area contributed by atoms with E-state index in [0.29, 0.717) is 24.2 Å². The molecule has 1 aromatic heterocycles. The van der Waals surface area contributed by atoms with Crippen molar-refractivity contribution in [1.29, 1.82) is 5.26 Å². The Labute approximate surface area is 151 Å². The van der Waals surface area contributed by atoms with Crippen molar-refractivity contribution in [2.45, 2.75) is 12.5 Å². The largest absolute Gasteiger partial charge is 0.486 e. The molecule has 0 bridgehead atoms. The van der Waals surface area contributed by atoms with Crippen LogP contribution in [0, 0.1) is 11.3 Å². The molecule has 1 atom stereocenters. The summed E-state index contributed by atoms with van der Waals surface area (Å²) < 4.78 is 6.14. The summed E-state index contributed by atoms with van der Waals surface area (Å²) in [6.07, 6.45) is 2.46. The minimum atomic E-state index is -0.0655. The Bertz CT molecular complexity index is 1000. The highest BCUT2D eigenvalue weighted by Crippen LogP contribution is 2.26. The third-order valence-electron chi connectivity index (χ3n) is 4.56. The van der Waals surface area contributed by atoms with Crippen LogP contribution in [0.3, 0.4) is 0 Å². The molecule has 3 aromatic rings. The van der Waals surface area contributed by atoms with Gasteiger partial charge >= 0.3 is 0 Å². The second-order valence-corrected chi connectivity index (χ2v) is 6.30. The molecule has 0 saturated carbocycles. The normalized spacial score (nSPS) is 16.4. The number of nitriles is 1. The number of nitrogens with zero attached hydrogens (tertiary/aromatic N) is 3. The van der Waals surface area contributed by atoms with Crippen molar-refractivity contribution >= 4 is 16.8 Å². The molecule has 1 saturated heterocycles. The highest BCUT2D eigenvalue weighted by Gasteiger charge is 2.28. The lowest BCUT2D eigenvalue weighted by Gasteiger charge is -2.18. The smallest absolute Gasteiger partial charge is 0.254 e. The van der Waals surface area contributed by atoms with Gasteiger partial charge in [-0.15, -0.1) is 0 Å². The highest BCUT2D eigenvalue weighted by atomic mass is 16.5. The zero-order valence-corrected chi connectivity index (χ0v) is 14.1. The minimum Gasteiger partial charge on any atom is -0.486 e. The van der Waals surface area contributed by atoms with Crippen LogP contribution in [0.15, 0.2) is 60.8 Å². The van der Waals surface area contributed by atoms with Crippen LogP contribution < -0.4 is 4.74 Å². The van der Waals surface area contributed by atoms with E-state index in [1.165, 1.54) is 0 Å². The SMILES string of the molecule is N#Cc1cccc(C(=O)N2CC[C@H](Oc3cccc4cccnc34)C2)c1. The number of rotatable bonds is 3. The number of carbonyl (C=O) groups is 1. The summed E-state index contributed by atoms with van der Waals surface area (Å²) >= 11 is 0. The summed E-state index contributed by atoms with van der Waals surface area (Å²) in [6, 6.07) is 18.6. The van der Waals surface area contributed by atoms with Gasteiger partial charge in [-0.05, 0) is 30.3 Å². The molecule has 0 N–H and O–H groups in total. The summed E-state index contributed by atoms with van der Waals surface area (Å²) in [5.74, 6) is 0.679. The van der Waals surface area contributed by atoms with Gasteiger partial charge in [0.25, 0.3) is 5.91 Å². The zero-order chi connectivity index (χ0) is 17.9. The molecule has 1 fully saturated rings. The lowest BCUT2D eigenvalue weighted by molar-refractivity contribution is 0.0772. The van der Waals surface area contributed by atoms with Gasteiger partial charge in [0.2, 0.25) is 0 Å². The fourth-order valence-electron chi connectivity index (χ4n) is 3.26. The Morgan fingerprint density at radius 2 is 2.04 bits per heavy atom. The van der Waals surface area contributed by atoms with E-state index >= 15 is 0 Å².